The first-order chi connectivity index (χ1) is 34.9. The second-order valence-electron chi connectivity index (χ2n) is 22.2. The molecule has 0 unspecified atom stereocenters. The summed E-state index contributed by atoms with van der Waals surface area (Å²) in [6.45, 7) is 19.9. The number of allylic oxidation sites excluding steroid dienone is 12. The highest BCUT2D eigenvalue weighted by Crippen LogP contribution is 2.40. The van der Waals surface area contributed by atoms with Gasteiger partial charge in [-0.1, -0.05) is 101 Å². The van der Waals surface area contributed by atoms with Gasteiger partial charge in [0.2, 0.25) is 5.91 Å². The number of amides is 1. The number of aliphatic hydroxyl groups excluding tert-OH is 3. The Hall–Kier alpha value is -3.06. The van der Waals surface area contributed by atoms with Crippen LogP contribution in [0.2, 0.25) is 0 Å². The van der Waals surface area contributed by atoms with Gasteiger partial charge in [0.25, 0.3) is 0 Å². The minimum atomic E-state index is -1.84. The van der Waals surface area contributed by atoms with Gasteiger partial charge >= 0.3 is 5.97 Å². The molecule has 3 aliphatic rings. The Morgan fingerprint density at radius 2 is 1.32 bits per heavy atom. The average Bonchev–Trinajstić information content (AvgIpc) is 3.35. The molecule has 15 nitrogen and oxygen atoms in total. The standard InChI is InChI=1S/C59H100N2O13/c1-15-17-18-19-20-21-22-23-24-25-26-27-28-29-30-31-32-33-34-35-48(62)61(13)46-36-41(4)70-56(50(46)63)74-54-42(5)51(73-49-38-58(10,69-14)53(65)45(8)71-49)43(6)55(66)72-47(16-2)59(11,68)52(64)44(7)60(12)39-40(3)37-57(54,9)67/h17-18,20-21,23-24,26-27,29-30,32-33,40-47,49-54,56,63-65,67-68H,15-16,19,22,25,28,31,34-39H2,1-14H3/t40-,41-,42+,43-,44-,45+,46+,47-,49+,50-,51+,52-,53+,54-,56+,57-,58-,59-/m1/s1. The lowest BCUT2D eigenvalue weighted by Crippen LogP contribution is -2.61. The van der Waals surface area contributed by atoms with Gasteiger partial charge in [-0.3, -0.25) is 9.59 Å². The number of aliphatic hydroxyl groups is 5. The van der Waals surface area contributed by atoms with Crippen molar-refractivity contribution in [2.45, 2.75) is 244 Å². The first kappa shape index (κ1) is 65.2. The summed E-state index contributed by atoms with van der Waals surface area (Å²) in [6, 6.07) is -1.26. The van der Waals surface area contributed by atoms with Gasteiger partial charge in [-0.05, 0) is 126 Å². The van der Waals surface area contributed by atoms with Crippen molar-refractivity contribution in [3.05, 3.63) is 72.9 Å². The van der Waals surface area contributed by atoms with E-state index >= 15 is 0 Å². The van der Waals surface area contributed by atoms with Gasteiger partial charge in [0.05, 0.1) is 47.6 Å². The van der Waals surface area contributed by atoms with Crippen LogP contribution in [0.3, 0.4) is 0 Å². The first-order valence-electron chi connectivity index (χ1n) is 27.6. The molecule has 5 N–H and O–H groups in total. The Bertz CT molecular complexity index is 1850. The fourth-order valence-electron chi connectivity index (χ4n) is 10.8. The first-order valence-corrected chi connectivity index (χ1v) is 27.6. The normalized spacial score (nSPS) is 38.9. The van der Waals surface area contributed by atoms with Crippen molar-refractivity contribution >= 4 is 11.9 Å². The van der Waals surface area contributed by atoms with Crippen molar-refractivity contribution in [2.24, 2.45) is 17.8 Å². The van der Waals surface area contributed by atoms with Crippen LogP contribution in [-0.2, 0) is 38.0 Å². The van der Waals surface area contributed by atoms with Crippen LogP contribution in [-0.4, -0.2) is 165 Å². The van der Waals surface area contributed by atoms with E-state index in [-0.39, 0.29) is 37.5 Å². The number of carbonyl (C=O) groups excluding carboxylic acids is 2. The third-order valence-electron chi connectivity index (χ3n) is 15.6. The Kier molecular flexibility index (Phi) is 27.6. The summed E-state index contributed by atoms with van der Waals surface area (Å²) in [7, 11) is 5.00. The van der Waals surface area contributed by atoms with E-state index in [1.807, 2.05) is 37.9 Å². The lowest BCUT2D eigenvalue weighted by Gasteiger charge is -2.49. The number of methoxy groups -OCH3 is 1. The van der Waals surface area contributed by atoms with E-state index in [4.69, 9.17) is 28.4 Å². The molecule has 1 amide bonds. The molecule has 0 aromatic carbocycles. The molecule has 0 bridgehead atoms. The molecular weight excluding hydrogens is 945 g/mol. The summed E-state index contributed by atoms with van der Waals surface area (Å²) in [6.07, 6.45) is 22.3. The van der Waals surface area contributed by atoms with Crippen molar-refractivity contribution in [1.29, 1.82) is 0 Å². The highest BCUT2D eigenvalue weighted by atomic mass is 16.7. The van der Waals surface area contributed by atoms with E-state index in [1.165, 1.54) is 14.0 Å². The van der Waals surface area contributed by atoms with Gasteiger partial charge in [-0.25, -0.2) is 0 Å². The molecule has 3 heterocycles. The van der Waals surface area contributed by atoms with Crippen molar-refractivity contribution in [1.82, 2.24) is 9.80 Å². The van der Waals surface area contributed by atoms with Crippen molar-refractivity contribution in [3.8, 4) is 0 Å². The number of ether oxygens (including phenoxy) is 6. The Morgan fingerprint density at radius 3 is 1.85 bits per heavy atom. The lowest BCUT2D eigenvalue weighted by atomic mass is 9.77. The van der Waals surface area contributed by atoms with Crippen molar-refractivity contribution < 1.29 is 63.5 Å². The van der Waals surface area contributed by atoms with Crippen LogP contribution in [0.5, 0.6) is 0 Å². The van der Waals surface area contributed by atoms with Crippen LogP contribution in [0.1, 0.15) is 153 Å². The van der Waals surface area contributed by atoms with E-state index in [2.05, 4.69) is 67.7 Å². The second-order valence-corrected chi connectivity index (χ2v) is 22.2. The number of rotatable bonds is 21. The Balaban J connectivity index is 1.83. The molecule has 74 heavy (non-hydrogen) atoms. The van der Waals surface area contributed by atoms with Gasteiger partial charge in [0.1, 0.15) is 30.0 Å². The number of carbonyl (C=O) groups is 2. The molecule has 3 fully saturated rings. The van der Waals surface area contributed by atoms with E-state index in [9.17, 15) is 35.1 Å². The van der Waals surface area contributed by atoms with E-state index < -0.39 is 108 Å². The maximum Gasteiger partial charge on any atom is 0.311 e. The average molecular weight is 1050 g/mol. The molecule has 3 aliphatic heterocycles. The van der Waals surface area contributed by atoms with E-state index in [0.29, 0.717) is 19.4 Å². The summed E-state index contributed by atoms with van der Waals surface area (Å²) < 4.78 is 38.1. The van der Waals surface area contributed by atoms with Crippen LogP contribution < -0.4 is 0 Å². The molecule has 18 atom stereocenters. The maximum atomic E-state index is 14.5. The second kappa shape index (κ2) is 31.4. The van der Waals surface area contributed by atoms with Gasteiger partial charge in [0, 0.05) is 45.5 Å². The summed E-state index contributed by atoms with van der Waals surface area (Å²) in [5.74, 6) is -3.01. The molecule has 0 aromatic rings. The number of cyclic esters (lactones) is 1. The Labute approximate surface area is 445 Å². The minimum absolute atomic E-state index is 0.0890. The monoisotopic (exact) mass is 1040 g/mol. The fraction of sp³-hybridized carbons (Fsp3) is 0.763. The van der Waals surface area contributed by atoms with Crippen LogP contribution in [0.25, 0.3) is 0 Å². The van der Waals surface area contributed by atoms with Crippen molar-refractivity contribution in [2.75, 3.05) is 27.7 Å². The van der Waals surface area contributed by atoms with Crippen LogP contribution in [0.4, 0.5) is 0 Å². The molecule has 424 valence electrons. The highest BCUT2D eigenvalue weighted by molar-refractivity contribution is 5.76. The van der Waals surface area contributed by atoms with Gasteiger partial charge in [-0.15, -0.1) is 0 Å². The number of esters is 1. The predicted molar refractivity (Wildman–Crippen MR) is 291 cm³/mol. The van der Waals surface area contributed by atoms with Crippen molar-refractivity contribution in [3.63, 3.8) is 0 Å². The smallest absolute Gasteiger partial charge is 0.311 e. The third kappa shape index (κ3) is 19.1. The fourth-order valence-corrected chi connectivity index (χ4v) is 10.8. The maximum absolute atomic E-state index is 14.5. The molecule has 0 aliphatic carbocycles. The zero-order chi connectivity index (χ0) is 55.4. The SMILES string of the molecule is CCC=CCC=CCC=CCC=CCC=CCC=CCCC(=O)N(C)[C@H]1C[C@@H](C)O[C@@H](O[C@@H]2[C@@H](C)[C@H](O[C@H]3C[C@@](C)(OC)[C@@H](O)[C@H](C)O3)[C@@H](C)C(=O)O[C@H](CC)[C@@](C)(O)[C@H](O)[C@@H](C)N(C)C[C@H](C)C[C@@]2(C)O)[C@@H]1O. The zero-order valence-electron chi connectivity index (χ0n) is 47.7. The molecule has 3 rings (SSSR count). The minimum Gasteiger partial charge on any atom is -0.459 e. The van der Waals surface area contributed by atoms with Crippen LogP contribution >= 0.6 is 0 Å². The predicted octanol–water partition coefficient (Wildman–Crippen LogP) is 8.28. The van der Waals surface area contributed by atoms with Gasteiger partial charge < -0.3 is 63.8 Å². The summed E-state index contributed by atoms with van der Waals surface area (Å²) in [5, 5.41) is 59.5. The molecule has 0 saturated carbocycles. The number of hydrogen-bond acceptors (Lipinski definition) is 14. The topological polar surface area (TPSA) is 197 Å². The number of likely N-dealkylation sites (N-methyl/N-ethyl adjacent to an activating group) is 2. The van der Waals surface area contributed by atoms with Crippen LogP contribution in [0, 0.1) is 17.8 Å². The molecule has 0 spiro atoms. The molecule has 0 radical (unpaired) electrons. The molecule has 15 heteroatoms. The van der Waals surface area contributed by atoms with E-state index in [1.54, 1.807) is 60.4 Å². The molecule has 3 saturated heterocycles. The number of nitrogens with zero attached hydrogens (tertiary/aromatic N) is 2. The van der Waals surface area contributed by atoms with E-state index in [0.717, 1.165) is 38.5 Å². The summed E-state index contributed by atoms with van der Waals surface area (Å²) in [4.78, 5) is 31.6. The zero-order valence-corrected chi connectivity index (χ0v) is 47.7. The molecular formula is C59H100N2O13. The largest absolute Gasteiger partial charge is 0.459 e. The summed E-state index contributed by atoms with van der Waals surface area (Å²) >= 11 is 0. The molecule has 0 aromatic heterocycles. The quantitative estimate of drug-likeness (QED) is 0.0544. The number of hydrogen-bond donors (Lipinski definition) is 5. The van der Waals surface area contributed by atoms with Gasteiger partial charge in [-0.2, -0.15) is 0 Å². The highest BCUT2D eigenvalue weighted by Gasteiger charge is 2.53. The Morgan fingerprint density at radius 1 is 0.784 bits per heavy atom. The summed E-state index contributed by atoms with van der Waals surface area (Å²) in [5.41, 5.74) is -4.58. The van der Waals surface area contributed by atoms with Crippen LogP contribution in [0.15, 0.2) is 72.9 Å². The lowest BCUT2D eigenvalue weighted by molar-refractivity contribution is -0.317. The third-order valence-corrected chi connectivity index (χ3v) is 15.6. The van der Waals surface area contributed by atoms with Gasteiger partial charge in [0.15, 0.2) is 12.6 Å².